The van der Waals surface area contributed by atoms with Crippen molar-refractivity contribution in [1.82, 2.24) is 21.0 Å². The molecule has 0 spiro atoms. The summed E-state index contributed by atoms with van der Waals surface area (Å²) in [7, 11) is -0.622. The third kappa shape index (κ3) is 8.49. The Morgan fingerprint density at radius 2 is 1.73 bits per heavy atom. The molecule has 51 heavy (non-hydrogen) atoms. The van der Waals surface area contributed by atoms with Gasteiger partial charge in [0.1, 0.15) is 6.04 Å². The first kappa shape index (κ1) is 38.1. The van der Waals surface area contributed by atoms with Gasteiger partial charge < -0.3 is 35.6 Å². The molecule has 0 saturated carbocycles. The van der Waals surface area contributed by atoms with Crippen LogP contribution in [-0.4, -0.2) is 86.5 Å². The molecule has 1 saturated heterocycles. The van der Waals surface area contributed by atoms with Gasteiger partial charge in [-0.2, -0.15) is 26.3 Å². The average molecular weight is 727 g/mol. The van der Waals surface area contributed by atoms with Gasteiger partial charge in [-0.3, -0.25) is 24.0 Å². The molecule has 3 aliphatic heterocycles. The zero-order chi connectivity index (χ0) is 37.2. The van der Waals surface area contributed by atoms with Gasteiger partial charge in [0.15, 0.2) is 0 Å². The number of nitrogens with two attached hydrogens (primary N) is 1. The van der Waals surface area contributed by atoms with E-state index < -0.39 is 84.5 Å². The summed E-state index contributed by atoms with van der Waals surface area (Å²) in [6.07, 6.45) is -8.94. The number of hydrogen-bond donors (Lipinski definition) is 5. The Labute approximate surface area is 287 Å². The minimum absolute atomic E-state index is 0.0605. The molecule has 3 aliphatic rings. The fourth-order valence-corrected chi connectivity index (χ4v) is 6.36. The van der Waals surface area contributed by atoms with Gasteiger partial charge in [-0.15, -0.1) is 0 Å². The molecule has 2 aromatic carbocycles. The number of carbonyl (C=O) groups excluding carboxylic acids is 4. The van der Waals surface area contributed by atoms with Gasteiger partial charge in [0.25, 0.3) is 17.7 Å². The van der Waals surface area contributed by atoms with Crippen LogP contribution in [0.4, 0.5) is 26.3 Å². The van der Waals surface area contributed by atoms with Gasteiger partial charge in [-0.05, 0) is 65.9 Å². The molecular weight excluding hydrogens is 694 g/mol. The monoisotopic (exact) mass is 727 g/mol. The molecule has 3 heterocycles. The summed E-state index contributed by atoms with van der Waals surface area (Å²) in [5.74, 6) is -3.21. The predicted octanol–water partition coefficient (Wildman–Crippen LogP) is -0.247. The number of unbranched alkanes of at least 4 members (excludes halogenated alkanes) is 1. The van der Waals surface area contributed by atoms with Crippen molar-refractivity contribution >= 4 is 49.2 Å². The maximum absolute atomic E-state index is 14.0. The first-order valence-electron chi connectivity index (χ1n) is 15.8. The van der Waals surface area contributed by atoms with Crippen LogP contribution in [0.15, 0.2) is 24.3 Å². The molecule has 274 valence electrons. The highest BCUT2D eigenvalue weighted by molar-refractivity contribution is 6.61. The number of likely N-dealkylation sites (tertiary alicyclic amines) is 1. The van der Waals surface area contributed by atoms with Crippen molar-refractivity contribution < 1.29 is 64.7 Å². The summed E-state index contributed by atoms with van der Waals surface area (Å²) in [6, 6.07) is 0.385. The highest BCUT2D eigenvalue weighted by Gasteiger charge is 2.44. The second-order valence-corrected chi connectivity index (χ2v) is 12.3. The molecule has 0 aromatic heterocycles. The topological polar surface area (TPSA) is 182 Å². The van der Waals surface area contributed by atoms with E-state index in [0.717, 1.165) is 11.0 Å². The van der Waals surface area contributed by atoms with Crippen molar-refractivity contribution in [2.24, 2.45) is 5.73 Å². The fraction of sp³-hybridized carbons (Fsp3) is 0.467. The minimum Gasteiger partial charge on any atom is -0.430 e. The van der Waals surface area contributed by atoms with Crippen molar-refractivity contribution in [3.8, 4) is 0 Å². The van der Waals surface area contributed by atoms with E-state index in [1.807, 2.05) is 0 Å². The molecule has 21 heteroatoms. The molecule has 2 aromatic rings. The largest absolute Gasteiger partial charge is 0.491 e. The molecule has 1 fully saturated rings. The third-order valence-corrected chi connectivity index (χ3v) is 8.88. The van der Waals surface area contributed by atoms with E-state index in [9.17, 15) is 50.5 Å². The Bertz CT molecular complexity index is 1700. The number of hydrogen-bond acceptors (Lipinski definition) is 9. The maximum atomic E-state index is 14.0. The molecule has 5 rings (SSSR count). The molecule has 0 radical (unpaired) electrons. The van der Waals surface area contributed by atoms with Crippen molar-refractivity contribution in [3.63, 3.8) is 0 Å². The van der Waals surface area contributed by atoms with Crippen LogP contribution in [0.1, 0.15) is 68.7 Å². The average Bonchev–Trinajstić information content (AvgIpc) is 3.81. The smallest absolute Gasteiger partial charge is 0.430 e. The molecular formula is C30H33B2F6N5O8. The normalized spacial score (nSPS) is 18.9. The highest BCUT2D eigenvalue weighted by Crippen LogP contribution is 2.36. The standard InChI is InChI=1S/C30H33B2F6N5O8/c1-49-42-26(45)23(39)4-2-3-5-40-27(46)24-10-16(41-25(44)14-6-19(29(33,34)35)17-12-50-31-21(17)8-14)11-43(24)28(47)15-7-20(30(36,37)38)18-13-51-32(48)22(18)9-15/h6-9,16,23-24,31,48H,2-5,10-13,39H2,1H3,(H,40,46)(H,41,44)(H,42,45)/t16-,23-,24?/m0/s1. The SMILES string of the molecule is CONC(=O)[C@@H](N)CCCCNC(=O)C1C[C@H](NC(=O)c2cc3c(c(C(F)(F)F)c2)COB3)CN1C(=O)c1cc2c(c(C(F)(F)F)c1)COB2O. The molecule has 3 atom stereocenters. The van der Waals surface area contributed by atoms with Crippen LogP contribution in [0.25, 0.3) is 0 Å². The van der Waals surface area contributed by atoms with Crippen LogP contribution >= 0.6 is 0 Å². The number of nitrogens with one attached hydrogen (secondary N) is 3. The predicted molar refractivity (Wildman–Crippen MR) is 168 cm³/mol. The number of rotatable bonds is 11. The van der Waals surface area contributed by atoms with E-state index in [0.29, 0.717) is 25.0 Å². The zero-order valence-corrected chi connectivity index (χ0v) is 27.1. The molecule has 0 bridgehead atoms. The van der Waals surface area contributed by atoms with E-state index in [-0.39, 0.29) is 67.6 Å². The molecule has 0 aliphatic carbocycles. The van der Waals surface area contributed by atoms with Crippen LogP contribution < -0.4 is 32.8 Å². The Hall–Kier alpha value is -4.17. The second kappa shape index (κ2) is 15.2. The van der Waals surface area contributed by atoms with Gasteiger partial charge in [-0.25, -0.2) is 5.48 Å². The van der Waals surface area contributed by atoms with E-state index >= 15 is 0 Å². The fourth-order valence-electron chi connectivity index (χ4n) is 6.36. The first-order chi connectivity index (χ1) is 24.0. The first-order valence-corrected chi connectivity index (χ1v) is 15.8. The summed E-state index contributed by atoms with van der Waals surface area (Å²) in [5, 5.41) is 15.4. The van der Waals surface area contributed by atoms with Crippen molar-refractivity contribution in [3.05, 3.63) is 57.6 Å². The van der Waals surface area contributed by atoms with Crippen LogP contribution in [0, 0.1) is 0 Å². The van der Waals surface area contributed by atoms with Gasteiger partial charge in [-0.1, -0.05) is 6.07 Å². The second-order valence-electron chi connectivity index (χ2n) is 12.3. The Balaban J connectivity index is 1.36. The zero-order valence-electron chi connectivity index (χ0n) is 27.1. The van der Waals surface area contributed by atoms with E-state index in [2.05, 4.69) is 21.0 Å². The number of fused-ring (bicyclic) bond motifs is 2. The molecule has 6 N–H and O–H groups in total. The summed E-state index contributed by atoms with van der Waals surface area (Å²) in [5.41, 5.74) is 4.28. The van der Waals surface area contributed by atoms with Gasteiger partial charge in [0, 0.05) is 30.3 Å². The summed E-state index contributed by atoms with van der Waals surface area (Å²) < 4.78 is 93.5. The quantitative estimate of drug-likeness (QED) is 0.0904. The van der Waals surface area contributed by atoms with Gasteiger partial charge in [0.05, 0.1) is 37.5 Å². The highest BCUT2D eigenvalue weighted by atomic mass is 19.4. The lowest BCUT2D eigenvalue weighted by Gasteiger charge is -2.25. The van der Waals surface area contributed by atoms with Crippen molar-refractivity contribution in [2.45, 2.75) is 69.4 Å². The number of halogens is 6. The number of nitrogens with zero attached hydrogens (tertiary/aromatic N) is 1. The lowest BCUT2D eigenvalue weighted by molar-refractivity contribution is -0.139. The lowest BCUT2D eigenvalue weighted by Crippen LogP contribution is -2.46. The van der Waals surface area contributed by atoms with Crippen LogP contribution in [0.2, 0.25) is 0 Å². The van der Waals surface area contributed by atoms with E-state index in [1.165, 1.54) is 13.2 Å². The molecule has 1 unspecified atom stereocenters. The van der Waals surface area contributed by atoms with Gasteiger partial charge >= 0.3 is 27.0 Å². The number of benzene rings is 2. The molecule has 13 nitrogen and oxygen atoms in total. The van der Waals surface area contributed by atoms with Crippen molar-refractivity contribution in [1.29, 1.82) is 0 Å². The van der Waals surface area contributed by atoms with E-state index in [1.54, 1.807) is 0 Å². The van der Waals surface area contributed by atoms with Crippen molar-refractivity contribution in [2.75, 3.05) is 20.2 Å². The number of hydroxylamine groups is 1. The summed E-state index contributed by atoms with van der Waals surface area (Å²) in [6.45, 7) is -1.15. The van der Waals surface area contributed by atoms with Crippen LogP contribution in [0.3, 0.4) is 0 Å². The maximum Gasteiger partial charge on any atom is 0.491 e. The summed E-state index contributed by atoms with van der Waals surface area (Å²) in [4.78, 5) is 57.8. The third-order valence-electron chi connectivity index (χ3n) is 8.88. The minimum atomic E-state index is -4.92. The number of carbonyl (C=O) groups is 4. The van der Waals surface area contributed by atoms with E-state index in [4.69, 9.17) is 15.0 Å². The number of alkyl halides is 6. The Morgan fingerprint density at radius 1 is 1.04 bits per heavy atom. The number of amides is 4. The Morgan fingerprint density at radius 3 is 2.41 bits per heavy atom. The van der Waals surface area contributed by atoms with Crippen LogP contribution in [-0.2, 0) is 49.3 Å². The summed E-state index contributed by atoms with van der Waals surface area (Å²) >= 11 is 0. The molecule has 4 amide bonds. The van der Waals surface area contributed by atoms with Crippen LogP contribution in [0.5, 0.6) is 0 Å². The van der Waals surface area contributed by atoms with Gasteiger partial charge in [0.2, 0.25) is 5.91 Å². The Kier molecular flexibility index (Phi) is 11.4. The lowest BCUT2D eigenvalue weighted by atomic mass is 9.77.